The molecule has 2 fully saturated rings. The highest BCUT2D eigenvalue weighted by Gasteiger charge is 2.68. The summed E-state index contributed by atoms with van der Waals surface area (Å²) >= 11 is 0. The number of amides is 2. The lowest BCUT2D eigenvalue weighted by atomic mass is 10.1. The normalized spacial score (nSPS) is 16.2. The first kappa shape index (κ1) is 27.7. The predicted molar refractivity (Wildman–Crippen MR) is 137 cm³/mol. The van der Waals surface area contributed by atoms with Crippen molar-refractivity contribution >= 4 is 34.5 Å². The summed E-state index contributed by atoms with van der Waals surface area (Å²) in [5.74, 6) is -0.780. The highest BCUT2D eigenvalue weighted by molar-refractivity contribution is 6.00. The Bertz CT molecular complexity index is 1430. The van der Waals surface area contributed by atoms with Crippen molar-refractivity contribution in [3.8, 4) is 5.75 Å². The molecule has 40 heavy (non-hydrogen) atoms. The van der Waals surface area contributed by atoms with Crippen molar-refractivity contribution in [2.75, 3.05) is 18.5 Å². The first-order valence-electron chi connectivity index (χ1n) is 12.9. The van der Waals surface area contributed by atoms with Gasteiger partial charge in [-0.05, 0) is 61.8 Å². The second-order valence-electron chi connectivity index (χ2n) is 10.3. The molecule has 0 radical (unpaired) electrons. The SMILES string of the molecule is Cc1ccc(CNC(=O)C2(C(F)(F)F)CC2)cc1Nc1nc2cc(OCC(F)F)c(C(=O)NCC3CC3)cc2[nH]1. The molecule has 0 bridgehead atoms. The van der Waals surface area contributed by atoms with Gasteiger partial charge in [0.1, 0.15) is 17.8 Å². The number of alkyl halides is 5. The molecule has 2 aliphatic carbocycles. The Kier molecular flexibility index (Phi) is 7.32. The lowest BCUT2D eigenvalue weighted by Gasteiger charge is -2.18. The zero-order valence-electron chi connectivity index (χ0n) is 21.6. The third-order valence-corrected chi connectivity index (χ3v) is 7.18. The van der Waals surface area contributed by atoms with Gasteiger partial charge in [0.2, 0.25) is 11.9 Å². The summed E-state index contributed by atoms with van der Waals surface area (Å²) < 4.78 is 70.5. The molecule has 13 heteroatoms. The van der Waals surface area contributed by atoms with E-state index >= 15 is 0 Å². The van der Waals surface area contributed by atoms with E-state index in [9.17, 15) is 31.5 Å². The van der Waals surface area contributed by atoms with Gasteiger partial charge < -0.3 is 25.7 Å². The fraction of sp³-hybridized carbons (Fsp3) is 0.444. The number of halogens is 5. The van der Waals surface area contributed by atoms with Crippen LogP contribution in [0.4, 0.5) is 33.6 Å². The maximum Gasteiger partial charge on any atom is 0.403 e. The maximum atomic E-state index is 13.2. The van der Waals surface area contributed by atoms with E-state index in [0.29, 0.717) is 34.7 Å². The van der Waals surface area contributed by atoms with E-state index in [2.05, 4.69) is 25.9 Å². The molecule has 3 aromatic rings. The van der Waals surface area contributed by atoms with Crippen LogP contribution in [0.15, 0.2) is 30.3 Å². The highest BCUT2D eigenvalue weighted by Crippen LogP contribution is 2.57. The molecule has 8 nitrogen and oxygen atoms in total. The number of hydrogen-bond donors (Lipinski definition) is 4. The number of fused-ring (bicyclic) bond motifs is 1. The van der Waals surface area contributed by atoms with Crippen molar-refractivity contribution in [2.24, 2.45) is 11.3 Å². The van der Waals surface area contributed by atoms with Crippen LogP contribution in [-0.2, 0) is 11.3 Å². The van der Waals surface area contributed by atoms with Crippen LogP contribution in [0.5, 0.6) is 5.75 Å². The molecule has 0 aliphatic heterocycles. The number of ether oxygens (including phenoxy) is 1. The molecule has 2 saturated carbocycles. The van der Waals surface area contributed by atoms with Gasteiger partial charge in [-0.25, -0.2) is 13.8 Å². The highest BCUT2D eigenvalue weighted by atomic mass is 19.4. The van der Waals surface area contributed by atoms with Crippen LogP contribution in [0.2, 0.25) is 0 Å². The molecule has 0 atom stereocenters. The summed E-state index contributed by atoms with van der Waals surface area (Å²) in [6, 6.07) is 8.04. The number of aromatic nitrogens is 2. The van der Waals surface area contributed by atoms with Gasteiger partial charge >= 0.3 is 6.18 Å². The number of aryl methyl sites for hydroxylation is 1. The molecular weight excluding hydrogens is 537 g/mol. The van der Waals surface area contributed by atoms with Crippen molar-refractivity contribution < 1.29 is 36.3 Å². The number of carbonyl (C=O) groups excluding carboxylic acids is 2. The molecule has 5 rings (SSSR count). The summed E-state index contributed by atoms with van der Waals surface area (Å²) in [4.78, 5) is 32.5. The summed E-state index contributed by atoms with van der Waals surface area (Å²) in [5.41, 5.74) is 0.598. The minimum atomic E-state index is -4.58. The Morgan fingerprint density at radius 1 is 1.15 bits per heavy atom. The van der Waals surface area contributed by atoms with Crippen LogP contribution in [0.1, 0.15) is 47.2 Å². The lowest BCUT2D eigenvalue weighted by molar-refractivity contribution is -0.192. The molecule has 0 saturated heterocycles. The van der Waals surface area contributed by atoms with Crippen LogP contribution in [0, 0.1) is 18.3 Å². The lowest BCUT2D eigenvalue weighted by Crippen LogP contribution is -2.40. The first-order valence-corrected chi connectivity index (χ1v) is 12.9. The molecule has 0 spiro atoms. The van der Waals surface area contributed by atoms with E-state index in [1.54, 1.807) is 18.2 Å². The number of imidazole rings is 1. The zero-order valence-corrected chi connectivity index (χ0v) is 21.6. The quantitative estimate of drug-likeness (QED) is 0.234. The van der Waals surface area contributed by atoms with Gasteiger partial charge in [-0.1, -0.05) is 12.1 Å². The number of aromatic amines is 1. The number of nitrogens with zero attached hydrogens (tertiary/aromatic N) is 1. The first-order chi connectivity index (χ1) is 18.9. The largest absolute Gasteiger partial charge is 0.487 e. The molecule has 2 aromatic carbocycles. The minimum Gasteiger partial charge on any atom is -0.487 e. The van der Waals surface area contributed by atoms with Gasteiger partial charge in [0.15, 0.2) is 0 Å². The molecule has 214 valence electrons. The fourth-order valence-electron chi connectivity index (χ4n) is 4.36. The summed E-state index contributed by atoms with van der Waals surface area (Å²) in [6.07, 6.45) is -5.67. The zero-order chi connectivity index (χ0) is 28.7. The number of rotatable bonds is 11. The van der Waals surface area contributed by atoms with Gasteiger partial charge in [-0.15, -0.1) is 0 Å². The van der Waals surface area contributed by atoms with Gasteiger partial charge in [0, 0.05) is 24.8 Å². The molecule has 2 amide bonds. The number of H-pyrrole nitrogens is 1. The summed E-state index contributed by atoms with van der Waals surface area (Å²) in [7, 11) is 0. The average Bonchev–Trinajstić information content (AvgIpc) is 3.82. The van der Waals surface area contributed by atoms with Crippen LogP contribution in [-0.4, -0.2) is 47.5 Å². The average molecular weight is 566 g/mol. The van der Waals surface area contributed by atoms with E-state index in [1.807, 2.05) is 6.92 Å². The van der Waals surface area contributed by atoms with Gasteiger partial charge in [0.25, 0.3) is 12.3 Å². The third-order valence-electron chi connectivity index (χ3n) is 7.18. The van der Waals surface area contributed by atoms with E-state index in [4.69, 9.17) is 4.74 Å². The molecule has 2 aliphatic rings. The van der Waals surface area contributed by atoms with Gasteiger partial charge in [0.05, 0.1) is 16.6 Å². The van der Waals surface area contributed by atoms with E-state index in [1.165, 1.54) is 12.1 Å². The van der Waals surface area contributed by atoms with Gasteiger partial charge in [-0.2, -0.15) is 13.2 Å². The van der Waals surface area contributed by atoms with Crippen molar-refractivity contribution in [2.45, 2.75) is 51.8 Å². The molecule has 1 heterocycles. The number of benzene rings is 2. The van der Waals surface area contributed by atoms with E-state index < -0.39 is 36.4 Å². The molecule has 1 aromatic heterocycles. The van der Waals surface area contributed by atoms with Crippen LogP contribution in [0.3, 0.4) is 0 Å². The number of hydrogen-bond acceptors (Lipinski definition) is 5. The Morgan fingerprint density at radius 3 is 2.55 bits per heavy atom. The molecular formula is C27H28F5N5O3. The van der Waals surface area contributed by atoms with Crippen molar-refractivity contribution in [1.29, 1.82) is 0 Å². The van der Waals surface area contributed by atoms with Crippen molar-refractivity contribution in [1.82, 2.24) is 20.6 Å². The summed E-state index contributed by atoms with van der Waals surface area (Å²) in [6.45, 7) is 1.34. The second kappa shape index (κ2) is 10.6. The van der Waals surface area contributed by atoms with Crippen LogP contribution in [0.25, 0.3) is 11.0 Å². The standard InChI is InChI=1S/C27H28F5N5O3/c1-14-2-3-16(12-34-24(39)26(6-7-26)27(30,31)32)8-18(14)35-25-36-19-9-17(23(38)33-11-15-4-5-15)21(10-20(19)37-25)40-13-22(28)29/h2-3,8-10,15,22H,4-7,11-13H2,1H3,(H,33,38)(H,34,39)(H2,35,36,37). The topological polar surface area (TPSA) is 108 Å². The Labute approximate surface area is 226 Å². The Hall–Kier alpha value is -3.90. The van der Waals surface area contributed by atoms with E-state index in [0.717, 1.165) is 18.4 Å². The fourth-order valence-corrected chi connectivity index (χ4v) is 4.36. The minimum absolute atomic E-state index is 0.0136. The molecule has 4 N–H and O–H groups in total. The van der Waals surface area contributed by atoms with Crippen LogP contribution < -0.4 is 20.7 Å². The van der Waals surface area contributed by atoms with Gasteiger partial charge in [-0.3, -0.25) is 9.59 Å². The van der Waals surface area contributed by atoms with Crippen molar-refractivity contribution in [3.63, 3.8) is 0 Å². The maximum absolute atomic E-state index is 13.2. The van der Waals surface area contributed by atoms with E-state index in [-0.39, 0.29) is 36.6 Å². The Balaban J connectivity index is 1.33. The second-order valence-corrected chi connectivity index (χ2v) is 10.3. The Morgan fingerprint density at radius 2 is 1.90 bits per heavy atom. The van der Waals surface area contributed by atoms with Crippen LogP contribution >= 0.6 is 0 Å². The third kappa shape index (κ3) is 5.97. The number of anilines is 2. The monoisotopic (exact) mass is 565 g/mol. The van der Waals surface area contributed by atoms with Crippen molar-refractivity contribution in [3.05, 3.63) is 47.0 Å². The smallest absolute Gasteiger partial charge is 0.403 e. The molecule has 0 unspecified atom stereocenters. The number of nitrogens with one attached hydrogen (secondary N) is 4. The summed E-state index contributed by atoms with van der Waals surface area (Å²) in [5, 5.41) is 8.30. The predicted octanol–water partition coefficient (Wildman–Crippen LogP) is 5.36. The number of carbonyl (C=O) groups is 2.